The van der Waals surface area contributed by atoms with Gasteiger partial charge in [-0.3, -0.25) is 9.88 Å². The van der Waals surface area contributed by atoms with Gasteiger partial charge < -0.3 is 9.84 Å². The zero-order valence-corrected chi connectivity index (χ0v) is 20.0. The van der Waals surface area contributed by atoms with E-state index in [2.05, 4.69) is 9.88 Å². The van der Waals surface area contributed by atoms with E-state index in [9.17, 15) is 13.5 Å². The van der Waals surface area contributed by atoms with Crippen molar-refractivity contribution in [2.75, 3.05) is 26.7 Å². The molecule has 1 aliphatic rings. The van der Waals surface area contributed by atoms with Crippen molar-refractivity contribution in [2.24, 2.45) is 5.92 Å². The molecule has 0 bridgehead atoms. The number of aromatic nitrogens is 1. The maximum Gasteiger partial charge on any atom is 0.247 e. The largest absolute Gasteiger partial charge is 0.487 e. The van der Waals surface area contributed by atoms with Gasteiger partial charge in [-0.15, -0.1) is 0 Å². The van der Waals surface area contributed by atoms with Crippen LogP contribution < -0.4 is 4.74 Å². The topological polar surface area (TPSA) is 83.0 Å². The predicted molar refractivity (Wildman–Crippen MR) is 126 cm³/mol. The molecule has 0 saturated carbocycles. The number of aliphatic hydroxyl groups excluding tert-OH is 1. The molecule has 32 heavy (non-hydrogen) atoms. The van der Waals surface area contributed by atoms with Gasteiger partial charge in [-0.1, -0.05) is 31.2 Å². The highest BCUT2D eigenvalue weighted by atomic mass is 32.2. The number of nitrogens with zero attached hydrogens (tertiary/aromatic N) is 3. The van der Waals surface area contributed by atoms with E-state index in [1.54, 1.807) is 31.3 Å². The second-order valence-electron chi connectivity index (χ2n) is 8.46. The number of likely N-dealkylation sites (N-methyl/N-ethyl adjacent to an activating group) is 1. The standard InChI is InChI=1S/C24H33N3O4S/c1-5-8-20-10-11-24-22(13-20)31-23(16-26(4)15-21-9-6-7-12-25-21)18(2)14-27(19(3)17-28)32(24,29)30/h5-13,18-19,23,28H,14-17H2,1-4H3/t18-,19-,23-/m0/s1. The SMILES string of the molecule is CC=Cc1ccc2c(c1)O[C@@H](CN(C)Cc1ccccn1)[C@@H](C)CN([C@@H](C)CO)S2(=O)=O. The summed E-state index contributed by atoms with van der Waals surface area (Å²) in [5, 5.41) is 9.74. The van der Waals surface area contributed by atoms with E-state index in [0.717, 1.165) is 11.3 Å². The number of fused-ring (bicyclic) bond motifs is 1. The van der Waals surface area contributed by atoms with Crippen LogP contribution in [0, 0.1) is 5.92 Å². The van der Waals surface area contributed by atoms with Crippen molar-refractivity contribution in [3.8, 4) is 5.75 Å². The number of sulfonamides is 1. The smallest absolute Gasteiger partial charge is 0.247 e. The van der Waals surface area contributed by atoms with Gasteiger partial charge in [0.15, 0.2) is 0 Å². The third-order valence-corrected chi connectivity index (χ3v) is 7.72. The Bertz CT molecular complexity index is 1030. The highest BCUT2D eigenvalue weighted by molar-refractivity contribution is 7.89. The van der Waals surface area contributed by atoms with Gasteiger partial charge in [-0.05, 0) is 50.7 Å². The lowest BCUT2D eigenvalue weighted by Gasteiger charge is -2.37. The number of hydrogen-bond donors (Lipinski definition) is 1. The molecule has 2 heterocycles. The van der Waals surface area contributed by atoms with Crippen LogP contribution in [0.5, 0.6) is 5.75 Å². The number of pyridine rings is 1. The maximum absolute atomic E-state index is 13.5. The number of hydrogen-bond acceptors (Lipinski definition) is 6. The van der Waals surface area contributed by atoms with E-state index in [-0.39, 0.29) is 30.1 Å². The van der Waals surface area contributed by atoms with Crippen molar-refractivity contribution in [1.82, 2.24) is 14.2 Å². The quantitative estimate of drug-likeness (QED) is 0.685. The van der Waals surface area contributed by atoms with E-state index < -0.39 is 16.1 Å². The molecule has 1 aliphatic heterocycles. The average Bonchev–Trinajstić information content (AvgIpc) is 2.76. The van der Waals surface area contributed by atoms with Crippen molar-refractivity contribution in [3.63, 3.8) is 0 Å². The minimum absolute atomic E-state index is 0.0940. The fraction of sp³-hybridized carbons (Fsp3) is 0.458. The zero-order chi connectivity index (χ0) is 23.3. The fourth-order valence-corrected chi connectivity index (χ4v) is 5.72. The Morgan fingerprint density at radius 1 is 1.34 bits per heavy atom. The summed E-state index contributed by atoms with van der Waals surface area (Å²) in [6.45, 7) is 6.91. The lowest BCUT2D eigenvalue weighted by atomic mass is 10.0. The first-order valence-corrected chi connectivity index (χ1v) is 12.3. The molecule has 0 aliphatic carbocycles. The Morgan fingerprint density at radius 3 is 2.78 bits per heavy atom. The zero-order valence-electron chi connectivity index (χ0n) is 19.2. The Morgan fingerprint density at radius 2 is 2.12 bits per heavy atom. The molecule has 0 radical (unpaired) electrons. The van der Waals surface area contributed by atoms with Gasteiger partial charge >= 0.3 is 0 Å². The molecule has 8 heteroatoms. The second-order valence-corrected chi connectivity index (χ2v) is 10.3. The highest BCUT2D eigenvalue weighted by Crippen LogP contribution is 2.34. The first-order chi connectivity index (χ1) is 15.3. The fourth-order valence-electron chi connectivity index (χ4n) is 3.90. The van der Waals surface area contributed by atoms with Crippen LogP contribution >= 0.6 is 0 Å². The number of ether oxygens (including phenoxy) is 1. The van der Waals surface area contributed by atoms with Crippen molar-refractivity contribution in [1.29, 1.82) is 0 Å². The summed E-state index contributed by atoms with van der Waals surface area (Å²) in [5.74, 6) is 0.252. The molecule has 0 saturated heterocycles. The van der Waals surface area contributed by atoms with Crippen LogP contribution in [0.25, 0.3) is 6.08 Å². The van der Waals surface area contributed by atoms with Crippen LogP contribution in [-0.4, -0.2) is 66.6 Å². The van der Waals surface area contributed by atoms with Crippen LogP contribution in [0.3, 0.4) is 0 Å². The van der Waals surface area contributed by atoms with Crippen molar-refractivity contribution in [2.45, 2.75) is 44.4 Å². The van der Waals surface area contributed by atoms with Crippen molar-refractivity contribution >= 4 is 16.1 Å². The Kier molecular flexibility index (Phi) is 8.05. The molecular formula is C24H33N3O4S. The van der Waals surface area contributed by atoms with Crippen LogP contribution in [0.1, 0.15) is 32.0 Å². The summed E-state index contributed by atoms with van der Waals surface area (Å²) in [7, 11) is -1.81. The minimum atomic E-state index is -3.82. The summed E-state index contributed by atoms with van der Waals surface area (Å²) < 4.78 is 34.7. The van der Waals surface area contributed by atoms with Crippen LogP contribution in [0.15, 0.2) is 53.6 Å². The lowest BCUT2D eigenvalue weighted by Crippen LogP contribution is -2.49. The van der Waals surface area contributed by atoms with E-state index in [1.165, 1.54) is 4.31 Å². The molecule has 1 aromatic heterocycles. The third kappa shape index (κ3) is 5.56. The summed E-state index contributed by atoms with van der Waals surface area (Å²) in [5.41, 5.74) is 1.83. The monoisotopic (exact) mass is 459 g/mol. The van der Waals surface area contributed by atoms with Gasteiger partial charge in [0.25, 0.3) is 0 Å². The molecule has 174 valence electrons. The van der Waals surface area contributed by atoms with Crippen LogP contribution in [0.4, 0.5) is 0 Å². The van der Waals surface area contributed by atoms with Gasteiger partial charge in [-0.25, -0.2) is 8.42 Å². The summed E-state index contributed by atoms with van der Waals surface area (Å²) in [6.07, 6.45) is 5.34. The molecular weight excluding hydrogens is 426 g/mol. The Hall–Kier alpha value is -2.26. The molecule has 1 N–H and O–H groups in total. The number of aliphatic hydroxyl groups is 1. The molecule has 0 unspecified atom stereocenters. The minimum Gasteiger partial charge on any atom is -0.487 e. The molecule has 3 rings (SSSR count). The lowest BCUT2D eigenvalue weighted by molar-refractivity contribution is 0.0730. The number of rotatable bonds is 7. The Balaban J connectivity index is 1.97. The molecule has 2 aromatic rings. The van der Waals surface area contributed by atoms with Gasteiger partial charge in [-0.2, -0.15) is 4.31 Å². The number of benzene rings is 1. The molecule has 3 atom stereocenters. The van der Waals surface area contributed by atoms with E-state index in [0.29, 0.717) is 18.8 Å². The summed E-state index contributed by atoms with van der Waals surface area (Å²) >= 11 is 0. The van der Waals surface area contributed by atoms with E-state index >= 15 is 0 Å². The van der Waals surface area contributed by atoms with Gasteiger partial charge in [0.1, 0.15) is 16.7 Å². The maximum atomic E-state index is 13.5. The van der Waals surface area contributed by atoms with E-state index in [1.807, 2.05) is 51.2 Å². The van der Waals surface area contributed by atoms with Crippen molar-refractivity contribution < 1.29 is 18.3 Å². The highest BCUT2D eigenvalue weighted by Gasteiger charge is 2.38. The van der Waals surface area contributed by atoms with Crippen LogP contribution in [0.2, 0.25) is 0 Å². The first-order valence-electron chi connectivity index (χ1n) is 10.9. The molecule has 0 spiro atoms. The first kappa shape index (κ1) is 24.4. The normalized spacial score (nSPS) is 22.2. The van der Waals surface area contributed by atoms with Crippen molar-refractivity contribution in [3.05, 3.63) is 59.9 Å². The molecule has 0 fully saturated rings. The van der Waals surface area contributed by atoms with Gasteiger partial charge in [0.2, 0.25) is 10.0 Å². The molecule has 7 nitrogen and oxygen atoms in total. The van der Waals surface area contributed by atoms with E-state index in [4.69, 9.17) is 4.74 Å². The molecule has 0 amide bonds. The molecule has 1 aromatic carbocycles. The third-order valence-electron chi connectivity index (χ3n) is 5.70. The van der Waals surface area contributed by atoms with Gasteiger partial charge in [0, 0.05) is 37.8 Å². The van der Waals surface area contributed by atoms with Gasteiger partial charge in [0.05, 0.1) is 12.3 Å². The van der Waals surface area contributed by atoms with Crippen LogP contribution in [-0.2, 0) is 16.6 Å². The summed E-state index contributed by atoms with van der Waals surface area (Å²) in [6, 6.07) is 10.4. The predicted octanol–water partition coefficient (Wildman–Crippen LogP) is 3.02. The second kappa shape index (κ2) is 10.6. The number of allylic oxidation sites excluding steroid dienone is 1. The summed E-state index contributed by atoms with van der Waals surface area (Å²) in [4.78, 5) is 6.66. The average molecular weight is 460 g/mol. The Labute approximate surface area is 191 Å².